The number of nitrogens with two attached hydrogens (primary N) is 1. The molecule has 3 aliphatic heterocycles. The number of ether oxygens (including phenoxy) is 7. The van der Waals surface area contributed by atoms with E-state index < -0.39 is 83.9 Å². The van der Waals surface area contributed by atoms with Gasteiger partial charge in [-0.2, -0.15) is 4.98 Å². The summed E-state index contributed by atoms with van der Waals surface area (Å²) < 4.78 is 44.2. The smallest absolute Gasteiger partial charge is 0.329 e. The number of aromatic nitrogens is 4. The number of methoxy groups -OCH3 is 3. The van der Waals surface area contributed by atoms with Gasteiger partial charge in [0.05, 0.1) is 56.5 Å². The Balaban J connectivity index is 1.01. The van der Waals surface area contributed by atoms with Gasteiger partial charge in [-0.05, 0) is 152 Å². The molecule has 5 N–H and O–H groups in total. The molecule has 8 rings (SSSR count). The van der Waals surface area contributed by atoms with Gasteiger partial charge in [0.25, 0.3) is 17.2 Å². The highest BCUT2D eigenvalue weighted by atomic mass is 16.6. The van der Waals surface area contributed by atoms with Crippen LogP contribution in [0, 0.1) is 42.4 Å². The number of carbonyl (C=O) groups excluding carboxylic acids is 5. The average molecular weight is 1310 g/mol. The minimum absolute atomic E-state index is 0.0393. The number of rotatable bonds is 13. The Kier molecular flexibility index (Phi) is 26.2. The van der Waals surface area contributed by atoms with E-state index in [1.807, 2.05) is 65.0 Å². The largest absolute Gasteiger partial charge is 0.481 e. The first kappa shape index (κ1) is 73.4. The molecule has 3 aromatic heterocycles. The second kappa shape index (κ2) is 33.5. The molecule has 22 nitrogen and oxygen atoms in total. The lowest BCUT2D eigenvalue weighted by molar-refractivity contribution is -0.266. The molecule has 6 heterocycles. The summed E-state index contributed by atoms with van der Waals surface area (Å²) in [5.74, 6) is -8.07. The van der Waals surface area contributed by atoms with Crippen molar-refractivity contribution in [3.63, 3.8) is 0 Å². The van der Waals surface area contributed by atoms with Crippen LogP contribution >= 0.6 is 0 Å². The summed E-state index contributed by atoms with van der Waals surface area (Å²) in [4.78, 5) is 101. The molecule has 0 spiro atoms. The number of hydrogen-bond donors (Lipinski definition) is 4. The highest BCUT2D eigenvalue weighted by Gasteiger charge is 2.53. The molecule has 2 saturated carbocycles. The zero-order valence-electron chi connectivity index (χ0n) is 56.9. The fourth-order valence-corrected chi connectivity index (χ4v) is 14.5. The number of aliphatic hydroxyl groups excluding tert-OH is 2. The molecular formula is C72H102N6O16. The summed E-state index contributed by atoms with van der Waals surface area (Å²) in [6, 6.07) is 3.91. The lowest BCUT2D eigenvalue weighted by atomic mass is 9.78. The normalized spacial score (nSPS) is 34.1. The van der Waals surface area contributed by atoms with Crippen molar-refractivity contribution in [3.8, 4) is 17.0 Å². The van der Waals surface area contributed by atoms with Crippen molar-refractivity contribution in [3.05, 3.63) is 88.0 Å². The first-order valence-electron chi connectivity index (χ1n) is 33.9. The number of cyclic esters (lactones) is 1. The molecule has 2 saturated heterocycles. The second-order valence-electron chi connectivity index (χ2n) is 27.3. The molecule has 2 aliphatic carbocycles. The molecule has 0 aromatic carbocycles. The number of allylic oxidation sites excluding steroid dienone is 6. The van der Waals surface area contributed by atoms with Gasteiger partial charge < -0.3 is 59.1 Å². The Morgan fingerprint density at radius 3 is 2.27 bits per heavy atom. The molecule has 22 heteroatoms. The number of hydrogen-bond acceptors (Lipinski definition) is 20. The molecule has 5 aliphatic rings. The first-order chi connectivity index (χ1) is 44.8. The molecule has 0 radical (unpaired) electrons. The predicted octanol–water partition coefficient (Wildman–Crippen LogP) is 8.82. The number of amides is 1. The number of aryl methyl sites for hydroxylation is 1. The van der Waals surface area contributed by atoms with Crippen LogP contribution in [0.15, 0.2) is 76.8 Å². The average Bonchev–Trinajstić information content (AvgIpc) is 0.760. The van der Waals surface area contributed by atoms with Gasteiger partial charge in [-0.1, -0.05) is 71.1 Å². The molecule has 2 bridgehead atoms. The van der Waals surface area contributed by atoms with Crippen molar-refractivity contribution < 1.29 is 72.5 Å². The first-order valence-corrected chi connectivity index (χ1v) is 33.9. The van der Waals surface area contributed by atoms with Gasteiger partial charge in [0.1, 0.15) is 35.8 Å². The zero-order chi connectivity index (χ0) is 68.1. The van der Waals surface area contributed by atoms with E-state index in [-0.39, 0.29) is 98.1 Å². The van der Waals surface area contributed by atoms with Gasteiger partial charge in [-0.3, -0.25) is 28.5 Å². The SMILES string of the molecule is COc1ccc(-c2cc3c(C)nc(N)nc3n(C3CCC(OCCO[C@H]4C[C@@H]5CC[C@@H](C)[C@@](O)(O5)C(=O)C(=O)N5CCCCC5C(=O)O[C@H](C(C)C[C@H]5CC[C@@H](O)[C@H](OC)C5)CC(=O)[C@H](C)/C=C(\C)[C@@H](O)[C@@H](OC)C(=O)[C@H](C)C[C@H](C)/C=C/C=C/C=C\4C)CC3)c2=O)cn1. The van der Waals surface area contributed by atoms with Crippen LogP contribution in [-0.2, 0) is 52.4 Å². The van der Waals surface area contributed by atoms with Gasteiger partial charge >= 0.3 is 5.97 Å². The predicted molar refractivity (Wildman–Crippen MR) is 354 cm³/mol. The molecule has 94 heavy (non-hydrogen) atoms. The Morgan fingerprint density at radius 1 is 0.819 bits per heavy atom. The van der Waals surface area contributed by atoms with Crippen molar-refractivity contribution >= 4 is 46.2 Å². The van der Waals surface area contributed by atoms with E-state index in [1.165, 1.54) is 19.1 Å². The summed E-state index contributed by atoms with van der Waals surface area (Å²) in [5, 5.41) is 35.4. The van der Waals surface area contributed by atoms with Crippen LogP contribution < -0.4 is 16.0 Å². The van der Waals surface area contributed by atoms with Crippen LogP contribution in [0.2, 0.25) is 0 Å². The number of carbonyl (C=O) groups is 5. The third kappa shape index (κ3) is 18.0. The summed E-state index contributed by atoms with van der Waals surface area (Å²) in [5.41, 5.74) is 9.34. The molecule has 2 unspecified atom stereocenters. The van der Waals surface area contributed by atoms with Crippen molar-refractivity contribution in [2.24, 2.45) is 35.5 Å². The molecule has 1 amide bonds. The minimum atomic E-state index is -2.54. The van der Waals surface area contributed by atoms with Gasteiger partial charge in [0.2, 0.25) is 17.6 Å². The van der Waals surface area contributed by atoms with Crippen molar-refractivity contribution in [2.45, 2.75) is 225 Å². The van der Waals surface area contributed by atoms with E-state index in [9.17, 15) is 44.1 Å². The number of Topliss-reactive ketones (excluding diaryl/α,β-unsaturated/α-hetero) is 3. The van der Waals surface area contributed by atoms with E-state index in [0.717, 1.165) is 5.57 Å². The molecule has 516 valence electrons. The highest BCUT2D eigenvalue weighted by Crippen LogP contribution is 2.39. The van der Waals surface area contributed by atoms with Crippen LogP contribution in [0.4, 0.5) is 5.95 Å². The lowest BCUT2D eigenvalue weighted by Crippen LogP contribution is -2.61. The lowest BCUT2D eigenvalue weighted by Gasteiger charge is -2.43. The second-order valence-corrected chi connectivity index (χ2v) is 27.3. The van der Waals surface area contributed by atoms with Crippen molar-refractivity contribution in [1.29, 1.82) is 0 Å². The van der Waals surface area contributed by atoms with Crippen LogP contribution in [0.1, 0.15) is 163 Å². The quantitative estimate of drug-likeness (QED) is 0.0537. The van der Waals surface area contributed by atoms with E-state index in [2.05, 4.69) is 15.0 Å². The van der Waals surface area contributed by atoms with Gasteiger partial charge in [0, 0.05) is 86.2 Å². The maximum atomic E-state index is 14.7. The fourth-order valence-electron chi connectivity index (χ4n) is 14.5. The third-order valence-electron chi connectivity index (χ3n) is 20.3. The summed E-state index contributed by atoms with van der Waals surface area (Å²) in [7, 11) is 4.47. The van der Waals surface area contributed by atoms with E-state index in [1.54, 1.807) is 62.9 Å². The molecule has 15 atom stereocenters. The molecular weight excluding hydrogens is 1200 g/mol. The number of aliphatic hydroxyl groups is 3. The maximum absolute atomic E-state index is 14.7. The van der Waals surface area contributed by atoms with Crippen LogP contribution in [0.5, 0.6) is 5.88 Å². The number of pyridine rings is 2. The Morgan fingerprint density at radius 2 is 1.56 bits per heavy atom. The summed E-state index contributed by atoms with van der Waals surface area (Å²) >= 11 is 0. The van der Waals surface area contributed by atoms with Crippen molar-refractivity contribution in [2.75, 3.05) is 46.8 Å². The standard InChI is InChI=1S/C72H102N6O16/c1-41-17-13-12-14-18-42(2)59(92-32-31-91-52-26-23-51(24-27-52)78-67-54(48(8)75-71(73)76-67)38-55(68(78)84)50-22-29-62(89-10)74-40-50)37-53-25-20-47(7)72(87,94-53)66(83)69(85)77-30-16-15-19-56(77)70(86)93-60(44(4)35-49-21-28-57(79)61(36-49)88-9)39-58(80)43(3)34-46(6)64(82)65(90-11)63(81)45(5)33-41/h12-14,17-18,22,29,34,38,40-41,43-45,47,49,51-53,56-57,59-61,64-65,79,82,87H,15-16,19-21,23-28,30-33,35-37,39H2,1-11H3,(H2,73,75,76)/b14-12+,17-13+,42-18-,46-34+/t41-,43-,44?,45-,47-,49-,51?,52?,53+,56?,57-,59+,60+,61-,64-,65+,72-/m1/s1. The summed E-state index contributed by atoms with van der Waals surface area (Å²) in [6.07, 6.45) is 14.1. The van der Waals surface area contributed by atoms with Crippen LogP contribution in [0.3, 0.4) is 0 Å². The van der Waals surface area contributed by atoms with E-state index in [4.69, 9.17) is 38.9 Å². The number of nitrogen functional groups attached to an aromatic ring is 1. The number of esters is 1. The third-order valence-corrected chi connectivity index (χ3v) is 20.3. The Bertz CT molecular complexity index is 3300. The van der Waals surface area contributed by atoms with Crippen molar-refractivity contribution in [1.82, 2.24) is 24.4 Å². The monoisotopic (exact) mass is 1310 g/mol. The number of piperidine rings is 1. The molecule has 4 fully saturated rings. The van der Waals surface area contributed by atoms with Gasteiger partial charge in [-0.25, -0.2) is 14.8 Å². The topological polar surface area (TPSA) is 301 Å². The van der Waals surface area contributed by atoms with Gasteiger partial charge in [0.15, 0.2) is 5.78 Å². The van der Waals surface area contributed by atoms with E-state index in [0.29, 0.717) is 123 Å². The highest BCUT2D eigenvalue weighted by molar-refractivity contribution is 6.39. The minimum Gasteiger partial charge on any atom is -0.481 e. The van der Waals surface area contributed by atoms with Gasteiger partial charge in [-0.15, -0.1) is 0 Å². The van der Waals surface area contributed by atoms with E-state index >= 15 is 0 Å². The zero-order valence-corrected chi connectivity index (χ0v) is 56.9. The summed E-state index contributed by atoms with van der Waals surface area (Å²) in [6.45, 7) is 14.9. The number of nitrogens with zero attached hydrogens (tertiary/aromatic N) is 5. The number of fused-ring (bicyclic) bond motifs is 4. The number of ketones is 3. The van der Waals surface area contributed by atoms with Crippen LogP contribution in [-0.4, -0.2) is 171 Å². The molecule has 3 aromatic rings. The Labute approximate surface area is 553 Å². The fraction of sp³-hybridized carbons (Fsp3) is 0.653. The van der Waals surface area contributed by atoms with Crippen LogP contribution in [0.25, 0.3) is 22.2 Å². The maximum Gasteiger partial charge on any atom is 0.329 e. The Hall–Kier alpha value is -6.37. The number of anilines is 1.